The number of aromatic nitrogens is 2. The topological polar surface area (TPSA) is 67.2 Å². The maximum Gasteiger partial charge on any atom is 0.248 e. The van der Waals surface area contributed by atoms with Gasteiger partial charge in [0.15, 0.2) is 0 Å². The van der Waals surface area contributed by atoms with E-state index in [2.05, 4.69) is 10.4 Å². The monoisotopic (exact) mass is 434 g/mol. The molecular formula is C25H27FN4O2. The number of nitrogens with one attached hydrogen (secondary N) is 1. The number of hydrogen-bond donors (Lipinski definition) is 1. The highest BCUT2D eigenvalue weighted by Gasteiger charge is 2.11. The van der Waals surface area contributed by atoms with Crippen LogP contribution < -0.4 is 5.32 Å². The summed E-state index contributed by atoms with van der Waals surface area (Å²) in [4.78, 5) is 26.4. The summed E-state index contributed by atoms with van der Waals surface area (Å²) in [6, 6.07) is 13.4. The highest BCUT2D eigenvalue weighted by atomic mass is 19.1. The van der Waals surface area contributed by atoms with Crippen molar-refractivity contribution in [2.45, 2.75) is 20.3 Å². The van der Waals surface area contributed by atoms with Crippen LogP contribution in [-0.4, -0.2) is 39.6 Å². The van der Waals surface area contributed by atoms with Crippen LogP contribution in [0.25, 0.3) is 17.3 Å². The number of carbonyl (C=O) groups is 2. The Balaban J connectivity index is 1.64. The van der Waals surface area contributed by atoms with E-state index in [1.165, 1.54) is 18.2 Å². The smallest absolute Gasteiger partial charge is 0.248 e. The number of likely N-dealkylation sites (N-methyl/N-ethyl adjacent to an activating group) is 1. The van der Waals surface area contributed by atoms with E-state index >= 15 is 0 Å². The van der Waals surface area contributed by atoms with Gasteiger partial charge in [-0.25, -0.2) is 4.39 Å². The van der Waals surface area contributed by atoms with Gasteiger partial charge in [-0.2, -0.15) is 5.10 Å². The first kappa shape index (κ1) is 22.9. The summed E-state index contributed by atoms with van der Waals surface area (Å²) in [5.41, 5.74) is 3.88. The fraction of sp³-hybridized carbons (Fsp3) is 0.240. The lowest BCUT2D eigenvalue weighted by molar-refractivity contribution is -0.130. The van der Waals surface area contributed by atoms with Crippen molar-refractivity contribution in [3.05, 3.63) is 77.7 Å². The number of amides is 2. The van der Waals surface area contributed by atoms with Crippen LogP contribution in [0.1, 0.15) is 25.0 Å². The lowest BCUT2D eigenvalue weighted by atomic mass is 10.1. The van der Waals surface area contributed by atoms with Gasteiger partial charge in [-0.15, -0.1) is 0 Å². The fourth-order valence-corrected chi connectivity index (χ4v) is 3.46. The molecule has 3 rings (SSSR count). The molecule has 32 heavy (non-hydrogen) atoms. The Morgan fingerprint density at radius 2 is 1.72 bits per heavy atom. The van der Waals surface area contributed by atoms with Gasteiger partial charge in [0.05, 0.1) is 18.3 Å². The highest BCUT2D eigenvalue weighted by molar-refractivity contribution is 6.02. The summed E-state index contributed by atoms with van der Waals surface area (Å²) in [5, 5.41) is 7.06. The molecule has 2 amide bonds. The molecule has 0 spiro atoms. The molecular weight excluding hydrogens is 407 g/mol. The van der Waals surface area contributed by atoms with Crippen molar-refractivity contribution in [3.8, 4) is 11.3 Å². The quantitative estimate of drug-likeness (QED) is 0.538. The predicted octanol–water partition coefficient (Wildman–Crippen LogP) is 4.29. The number of halogens is 1. The first-order valence-corrected chi connectivity index (χ1v) is 10.5. The molecule has 3 aromatic rings. The lowest BCUT2D eigenvalue weighted by Gasteiger charge is -2.18. The second kappa shape index (κ2) is 10.5. The molecule has 0 aliphatic rings. The molecule has 0 saturated heterocycles. The molecule has 7 heteroatoms. The maximum atomic E-state index is 13.2. The second-order valence-electron chi connectivity index (χ2n) is 7.34. The van der Waals surface area contributed by atoms with Crippen molar-refractivity contribution in [2.75, 3.05) is 18.4 Å². The second-order valence-corrected chi connectivity index (χ2v) is 7.34. The van der Waals surface area contributed by atoms with Crippen LogP contribution in [0.4, 0.5) is 10.1 Å². The predicted molar refractivity (Wildman–Crippen MR) is 124 cm³/mol. The van der Waals surface area contributed by atoms with E-state index in [9.17, 15) is 14.0 Å². The number of rotatable bonds is 8. The largest absolute Gasteiger partial charge is 0.343 e. The Kier molecular flexibility index (Phi) is 7.54. The molecule has 166 valence electrons. The molecule has 1 aromatic heterocycles. The molecule has 0 radical (unpaired) electrons. The van der Waals surface area contributed by atoms with Gasteiger partial charge in [0, 0.05) is 43.0 Å². The first-order chi connectivity index (χ1) is 15.4. The highest BCUT2D eigenvalue weighted by Crippen LogP contribution is 2.24. The molecule has 0 saturated carbocycles. The summed E-state index contributed by atoms with van der Waals surface area (Å²) in [5.74, 6) is -0.509. The molecule has 0 bridgehead atoms. The lowest BCUT2D eigenvalue weighted by Crippen LogP contribution is -2.31. The molecule has 1 N–H and O–H groups in total. The summed E-state index contributed by atoms with van der Waals surface area (Å²) >= 11 is 0. The zero-order valence-electron chi connectivity index (χ0n) is 18.5. The number of carbonyl (C=O) groups excluding carboxylic acids is 2. The van der Waals surface area contributed by atoms with Gasteiger partial charge < -0.3 is 10.2 Å². The number of nitrogens with zero attached hydrogens (tertiary/aromatic N) is 3. The van der Waals surface area contributed by atoms with Crippen LogP contribution in [0.15, 0.2) is 60.8 Å². The van der Waals surface area contributed by atoms with Gasteiger partial charge in [0.2, 0.25) is 11.8 Å². The summed E-state index contributed by atoms with van der Waals surface area (Å²) in [7, 11) is 1.79. The normalized spacial score (nSPS) is 11.0. The number of hydrogen-bond acceptors (Lipinski definition) is 3. The third kappa shape index (κ3) is 5.69. The van der Waals surface area contributed by atoms with Crippen molar-refractivity contribution < 1.29 is 14.0 Å². The van der Waals surface area contributed by atoms with Crippen molar-refractivity contribution in [3.63, 3.8) is 0 Å². The van der Waals surface area contributed by atoms with Crippen molar-refractivity contribution in [1.29, 1.82) is 0 Å². The Hall–Kier alpha value is -3.74. The van der Waals surface area contributed by atoms with Crippen molar-refractivity contribution in [1.82, 2.24) is 14.7 Å². The minimum Gasteiger partial charge on any atom is -0.343 e. The Labute approximate surface area is 187 Å². The molecule has 2 aromatic carbocycles. The summed E-state index contributed by atoms with van der Waals surface area (Å²) in [6.45, 7) is 5.30. The third-order valence-electron chi connectivity index (χ3n) is 5.19. The molecule has 1 heterocycles. The summed E-state index contributed by atoms with van der Waals surface area (Å²) < 4.78 is 14.9. The SMILES string of the molecule is CCN(CC)C(=O)Cc1ccc(NC(=O)C=Cc2cnn(C)c2-c2ccc(F)cc2)cc1. The maximum absolute atomic E-state index is 13.2. The number of benzene rings is 2. The van der Waals surface area contributed by atoms with Crippen LogP contribution in [0.5, 0.6) is 0 Å². The minimum absolute atomic E-state index is 0.0862. The van der Waals surface area contributed by atoms with Crippen LogP contribution in [0, 0.1) is 5.82 Å². The molecule has 0 atom stereocenters. The standard InChI is InChI=1S/C25H27FN4O2/c1-4-30(5-2)24(32)16-18-6-13-22(14-7-18)28-23(31)15-10-20-17-27-29(3)25(20)19-8-11-21(26)12-9-19/h6-15,17H,4-5,16H2,1-3H3,(H,28,31). The van der Waals surface area contributed by atoms with Gasteiger partial charge in [-0.1, -0.05) is 12.1 Å². The van der Waals surface area contributed by atoms with Crippen LogP contribution in [0.3, 0.4) is 0 Å². The minimum atomic E-state index is -0.309. The Bertz CT molecular complexity index is 1100. The van der Waals surface area contributed by atoms with E-state index in [-0.39, 0.29) is 17.6 Å². The Morgan fingerprint density at radius 1 is 1.06 bits per heavy atom. The zero-order chi connectivity index (χ0) is 23.1. The van der Waals surface area contributed by atoms with E-state index in [4.69, 9.17) is 0 Å². The van der Waals surface area contributed by atoms with Crippen LogP contribution in [-0.2, 0) is 23.1 Å². The molecule has 0 aliphatic carbocycles. The van der Waals surface area contributed by atoms with Crippen molar-refractivity contribution >= 4 is 23.6 Å². The first-order valence-electron chi connectivity index (χ1n) is 10.5. The molecule has 6 nitrogen and oxygen atoms in total. The van der Waals surface area contributed by atoms with E-state index in [0.29, 0.717) is 25.2 Å². The number of anilines is 1. The van der Waals surface area contributed by atoms with E-state index in [1.807, 2.05) is 26.0 Å². The number of aryl methyl sites for hydroxylation is 1. The molecule has 0 fully saturated rings. The Morgan fingerprint density at radius 3 is 2.34 bits per heavy atom. The van der Waals surface area contributed by atoms with E-state index < -0.39 is 0 Å². The zero-order valence-corrected chi connectivity index (χ0v) is 18.5. The van der Waals surface area contributed by atoms with E-state index in [0.717, 1.165) is 22.4 Å². The van der Waals surface area contributed by atoms with Gasteiger partial charge in [0.1, 0.15) is 5.82 Å². The molecule has 0 unspecified atom stereocenters. The van der Waals surface area contributed by atoms with Crippen LogP contribution in [0.2, 0.25) is 0 Å². The fourth-order valence-electron chi connectivity index (χ4n) is 3.46. The van der Waals surface area contributed by atoms with Gasteiger partial charge in [-0.05, 0) is 61.9 Å². The van der Waals surface area contributed by atoms with Crippen LogP contribution >= 0.6 is 0 Å². The third-order valence-corrected chi connectivity index (χ3v) is 5.19. The average molecular weight is 435 g/mol. The van der Waals surface area contributed by atoms with Gasteiger partial charge in [0.25, 0.3) is 0 Å². The van der Waals surface area contributed by atoms with Gasteiger partial charge >= 0.3 is 0 Å². The average Bonchev–Trinajstić information content (AvgIpc) is 3.15. The summed E-state index contributed by atoms with van der Waals surface area (Å²) in [6.07, 6.45) is 5.10. The molecule has 0 aliphatic heterocycles. The van der Waals surface area contributed by atoms with Gasteiger partial charge in [-0.3, -0.25) is 14.3 Å². The van der Waals surface area contributed by atoms with Crippen molar-refractivity contribution in [2.24, 2.45) is 7.05 Å². The van der Waals surface area contributed by atoms with E-state index in [1.54, 1.807) is 53.2 Å².